The number of carbonyl (C=O) groups excluding carboxylic acids is 2. The van der Waals surface area contributed by atoms with Crippen LogP contribution in [0.2, 0.25) is 0 Å². The molecule has 0 fully saturated rings. The van der Waals surface area contributed by atoms with E-state index >= 15 is 0 Å². The van der Waals surface area contributed by atoms with Gasteiger partial charge >= 0.3 is 6.03 Å². The number of carbonyl (C=O) groups is 2. The Bertz CT molecular complexity index is 1060. The normalized spacial score (nSPS) is 13.0. The van der Waals surface area contributed by atoms with Crippen molar-refractivity contribution in [3.63, 3.8) is 0 Å². The summed E-state index contributed by atoms with van der Waals surface area (Å²) in [5, 5.41) is 7.05. The number of amides is 3. The van der Waals surface area contributed by atoms with Gasteiger partial charge in [-0.2, -0.15) is 0 Å². The molecular formula is C24H28N4O3. The lowest BCUT2D eigenvalue weighted by atomic mass is 10.0. The number of nitrogens with one attached hydrogen (secondary N) is 3. The van der Waals surface area contributed by atoms with Crippen LogP contribution in [0.5, 0.6) is 5.75 Å². The van der Waals surface area contributed by atoms with E-state index in [1.807, 2.05) is 48.2 Å². The Balaban J connectivity index is 1.19. The maximum absolute atomic E-state index is 12.5. The van der Waals surface area contributed by atoms with Gasteiger partial charge in [-0.3, -0.25) is 4.79 Å². The highest BCUT2D eigenvalue weighted by molar-refractivity contribution is 5.90. The Morgan fingerprint density at radius 2 is 1.94 bits per heavy atom. The maximum Gasteiger partial charge on any atom is 0.317 e. The van der Waals surface area contributed by atoms with Crippen LogP contribution in [-0.4, -0.2) is 41.5 Å². The van der Waals surface area contributed by atoms with Gasteiger partial charge in [0.1, 0.15) is 5.75 Å². The van der Waals surface area contributed by atoms with Crippen LogP contribution < -0.4 is 15.4 Å². The molecule has 0 bridgehead atoms. The van der Waals surface area contributed by atoms with E-state index in [1.54, 1.807) is 0 Å². The van der Waals surface area contributed by atoms with Crippen LogP contribution in [0.1, 0.15) is 31.0 Å². The van der Waals surface area contributed by atoms with Gasteiger partial charge in [0.05, 0.1) is 13.2 Å². The molecule has 1 aliphatic rings. The van der Waals surface area contributed by atoms with Crippen LogP contribution in [0.15, 0.2) is 48.5 Å². The van der Waals surface area contributed by atoms with Crippen LogP contribution in [0, 0.1) is 0 Å². The molecule has 1 aromatic heterocycles. The van der Waals surface area contributed by atoms with Gasteiger partial charge in [0.25, 0.3) is 0 Å². The zero-order valence-corrected chi connectivity index (χ0v) is 17.7. The van der Waals surface area contributed by atoms with Crippen LogP contribution >= 0.6 is 0 Å². The Kier molecular flexibility index (Phi) is 6.40. The molecule has 3 amide bonds. The molecule has 3 N–H and O–H groups in total. The highest BCUT2D eigenvalue weighted by atomic mass is 16.5. The van der Waals surface area contributed by atoms with Crippen molar-refractivity contribution in [3.8, 4) is 5.75 Å². The predicted molar refractivity (Wildman–Crippen MR) is 121 cm³/mol. The van der Waals surface area contributed by atoms with E-state index in [1.165, 1.54) is 10.9 Å². The van der Waals surface area contributed by atoms with E-state index in [4.69, 9.17) is 4.74 Å². The van der Waals surface area contributed by atoms with Gasteiger partial charge in [0, 0.05) is 41.8 Å². The zero-order valence-electron chi connectivity index (χ0n) is 17.7. The van der Waals surface area contributed by atoms with Crippen molar-refractivity contribution in [1.29, 1.82) is 0 Å². The van der Waals surface area contributed by atoms with Crippen LogP contribution in [-0.2, 0) is 17.8 Å². The zero-order chi connectivity index (χ0) is 21.6. The molecule has 31 heavy (non-hydrogen) atoms. The molecule has 0 unspecified atom stereocenters. The number of rotatable bonds is 7. The Morgan fingerprint density at radius 1 is 1.13 bits per heavy atom. The van der Waals surface area contributed by atoms with Crippen molar-refractivity contribution in [2.45, 2.75) is 32.7 Å². The molecule has 7 nitrogen and oxygen atoms in total. The van der Waals surface area contributed by atoms with Gasteiger partial charge < -0.3 is 25.3 Å². The van der Waals surface area contributed by atoms with Crippen LogP contribution in [0.25, 0.3) is 10.9 Å². The first-order valence-corrected chi connectivity index (χ1v) is 10.8. The fraction of sp³-hybridized carbons (Fsp3) is 0.333. The third kappa shape index (κ3) is 4.99. The molecule has 0 spiro atoms. The second kappa shape index (κ2) is 9.55. The summed E-state index contributed by atoms with van der Waals surface area (Å²) in [6, 6.07) is 15.5. The number of para-hydroxylation sites is 1. The first kappa shape index (κ1) is 20.8. The minimum Gasteiger partial charge on any atom is -0.494 e. The van der Waals surface area contributed by atoms with Crippen molar-refractivity contribution in [2.24, 2.45) is 0 Å². The lowest BCUT2D eigenvalue weighted by Crippen LogP contribution is -2.43. The van der Waals surface area contributed by atoms with Crippen LogP contribution in [0.4, 0.5) is 10.5 Å². The number of aromatic amines is 1. The van der Waals surface area contributed by atoms with E-state index in [2.05, 4.69) is 27.8 Å². The van der Waals surface area contributed by atoms with Gasteiger partial charge in [-0.05, 0) is 55.7 Å². The standard InChI is InChI=1S/C24H28N4O3/c1-2-31-18-11-9-17(10-12-18)26-23(29)8-5-14-25-24(30)28-15-13-20-19-6-3-4-7-21(19)27-22(20)16-28/h3-4,6-7,9-12,27H,2,5,8,13-16H2,1H3,(H,25,30)(H,26,29). The van der Waals surface area contributed by atoms with Gasteiger partial charge in [-0.25, -0.2) is 4.79 Å². The molecule has 4 rings (SSSR count). The summed E-state index contributed by atoms with van der Waals surface area (Å²) >= 11 is 0. The first-order valence-electron chi connectivity index (χ1n) is 10.8. The molecule has 7 heteroatoms. The minimum absolute atomic E-state index is 0.0703. The van der Waals surface area contributed by atoms with Crippen molar-refractivity contribution >= 4 is 28.5 Å². The number of nitrogens with zero attached hydrogens (tertiary/aromatic N) is 1. The molecule has 0 radical (unpaired) electrons. The highest BCUT2D eigenvalue weighted by Crippen LogP contribution is 2.27. The summed E-state index contributed by atoms with van der Waals surface area (Å²) in [5.41, 5.74) is 4.27. The average Bonchev–Trinajstić information content (AvgIpc) is 3.16. The highest BCUT2D eigenvalue weighted by Gasteiger charge is 2.23. The van der Waals surface area contributed by atoms with E-state index in [-0.39, 0.29) is 11.9 Å². The number of benzene rings is 2. The number of urea groups is 1. The van der Waals surface area contributed by atoms with Crippen molar-refractivity contribution in [2.75, 3.05) is 25.0 Å². The Hall–Kier alpha value is -3.48. The van der Waals surface area contributed by atoms with Crippen molar-refractivity contribution in [1.82, 2.24) is 15.2 Å². The lowest BCUT2D eigenvalue weighted by Gasteiger charge is -2.27. The first-order chi connectivity index (χ1) is 15.1. The summed E-state index contributed by atoms with van der Waals surface area (Å²) < 4.78 is 5.39. The summed E-state index contributed by atoms with van der Waals surface area (Å²) in [7, 11) is 0. The van der Waals surface area contributed by atoms with Gasteiger partial charge in [-0.1, -0.05) is 18.2 Å². The number of hydrogen-bond donors (Lipinski definition) is 3. The summed E-state index contributed by atoms with van der Waals surface area (Å²) in [6.07, 6.45) is 1.77. The van der Waals surface area contributed by atoms with E-state index in [0.717, 1.165) is 29.1 Å². The van der Waals surface area contributed by atoms with E-state index in [0.29, 0.717) is 39.1 Å². The number of anilines is 1. The monoisotopic (exact) mass is 420 g/mol. The van der Waals surface area contributed by atoms with Crippen molar-refractivity contribution in [3.05, 3.63) is 59.8 Å². The lowest BCUT2D eigenvalue weighted by molar-refractivity contribution is -0.116. The SMILES string of the molecule is CCOc1ccc(NC(=O)CCCNC(=O)N2CCc3c([nH]c4ccccc34)C2)cc1. The summed E-state index contributed by atoms with van der Waals surface area (Å²) in [5.74, 6) is 0.708. The van der Waals surface area contributed by atoms with Crippen molar-refractivity contribution < 1.29 is 14.3 Å². The largest absolute Gasteiger partial charge is 0.494 e. The average molecular weight is 421 g/mol. The van der Waals surface area contributed by atoms with E-state index in [9.17, 15) is 9.59 Å². The number of hydrogen-bond acceptors (Lipinski definition) is 3. The second-order valence-corrected chi connectivity index (χ2v) is 7.64. The quantitative estimate of drug-likeness (QED) is 0.504. The summed E-state index contributed by atoms with van der Waals surface area (Å²) in [4.78, 5) is 29.9. The Morgan fingerprint density at radius 3 is 2.74 bits per heavy atom. The number of fused-ring (bicyclic) bond motifs is 3. The van der Waals surface area contributed by atoms with Crippen LogP contribution in [0.3, 0.4) is 0 Å². The fourth-order valence-electron chi connectivity index (χ4n) is 3.95. The number of aromatic nitrogens is 1. The molecule has 3 aromatic rings. The molecular weight excluding hydrogens is 392 g/mol. The molecule has 0 aliphatic carbocycles. The van der Waals surface area contributed by atoms with Gasteiger partial charge in [-0.15, -0.1) is 0 Å². The topological polar surface area (TPSA) is 86.5 Å². The minimum atomic E-state index is -0.0868. The molecule has 2 heterocycles. The van der Waals surface area contributed by atoms with E-state index < -0.39 is 0 Å². The molecule has 162 valence electrons. The number of ether oxygens (including phenoxy) is 1. The molecule has 2 aromatic carbocycles. The van der Waals surface area contributed by atoms with Gasteiger partial charge in [0.15, 0.2) is 0 Å². The third-order valence-electron chi connectivity index (χ3n) is 5.48. The fourth-order valence-corrected chi connectivity index (χ4v) is 3.95. The number of H-pyrrole nitrogens is 1. The smallest absolute Gasteiger partial charge is 0.317 e. The predicted octanol–water partition coefficient (Wildman–Crippen LogP) is 4.05. The third-order valence-corrected chi connectivity index (χ3v) is 5.48. The molecule has 1 aliphatic heterocycles. The molecule has 0 atom stereocenters. The summed E-state index contributed by atoms with van der Waals surface area (Å²) in [6.45, 7) is 4.27. The second-order valence-electron chi connectivity index (χ2n) is 7.64. The Labute approximate surface area is 181 Å². The molecule has 0 saturated carbocycles. The van der Waals surface area contributed by atoms with Gasteiger partial charge in [0.2, 0.25) is 5.91 Å². The molecule has 0 saturated heterocycles. The maximum atomic E-state index is 12.5.